The number of aryl methyl sites for hydroxylation is 1. The number of nitrogen functional groups attached to an aromatic ring is 1. The second-order valence-corrected chi connectivity index (χ2v) is 5.33. The van der Waals surface area contributed by atoms with Crippen molar-refractivity contribution < 1.29 is 9.53 Å². The molecule has 0 atom stereocenters. The molecule has 0 bridgehead atoms. The molecule has 122 valence electrons. The normalized spacial score (nSPS) is 10.6. The zero-order valence-corrected chi connectivity index (χ0v) is 13.9. The number of halogens is 1. The molecule has 2 rings (SSSR count). The fourth-order valence-electron chi connectivity index (χ4n) is 2.08. The number of hydrogen-bond acceptors (Lipinski definition) is 6. The van der Waals surface area contributed by atoms with E-state index in [2.05, 4.69) is 15.3 Å². The van der Waals surface area contributed by atoms with E-state index >= 15 is 0 Å². The molecule has 0 unspecified atom stereocenters. The Labute approximate surface area is 140 Å². The monoisotopic (exact) mass is 334 g/mol. The SMILES string of the molecule is CCOC(=O)CNCc1c(Cl)nc(N)nc1-c1ccc(C)cc1. The van der Waals surface area contributed by atoms with Crippen molar-refractivity contribution in [2.45, 2.75) is 20.4 Å². The molecular weight excluding hydrogens is 316 g/mol. The summed E-state index contributed by atoms with van der Waals surface area (Å²) < 4.78 is 4.87. The maximum Gasteiger partial charge on any atom is 0.319 e. The van der Waals surface area contributed by atoms with Gasteiger partial charge in [-0.1, -0.05) is 41.4 Å². The first-order valence-corrected chi connectivity index (χ1v) is 7.64. The fourth-order valence-corrected chi connectivity index (χ4v) is 2.32. The van der Waals surface area contributed by atoms with E-state index in [9.17, 15) is 4.79 Å². The first-order chi connectivity index (χ1) is 11.0. The Bertz CT molecular complexity index is 689. The van der Waals surface area contributed by atoms with Crippen molar-refractivity contribution in [2.24, 2.45) is 0 Å². The Hall–Kier alpha value is -2.18. The van der Waals surface area contributed by atoms with Crippen molar-refractivity contribution >= 4 is 23.5 Å². The minimum Gasteiger partial charge on any atom is -0.465 e. The van der Waals surface area contributed by atoms with E-state index in [0.29, 0.717) is 24.4 Å². The number of hydrogen-bond donors (Lipinski definition) is 2. The first kappa shape index (κ1) is 17.2. The zero-order chi connectivity index (χ0) is 16.8. The average molecular weight is 335 g/mol. The Balaban J connectivity index is 2.24. The topological polar surface area (TPSA) is 90.1 Å². The minimum atomic E-state index is -0.322. The van der Waals surface area contributed by atoms with Crippen LogP contribution in [0.15, 0.2) is 24.3 Å². The molecule has 0 aliphatic carbocycles. The lowest BCUT2D eigenvalue weighted by Crippen LogP contribution is -2.25. The van der Waals surface area contributed by atoms with Crippen LogP contribution in [-0.2, 0) is 16.1 Å². The van der Waals surface area contributed by atoms with Crippen molar-refractivity contribution in [3.8, 4) is 11.3 Å². The van der Waals surface area contributed by atoms with Gasteiger partial charge in [0.25, 0.3) is 0 Å². The lowest BCUT2D eigenvalue weighted by Gasteiger charge is -2.12. The highest BCUT2D eigenvalue weighted by atomic mass is 35.5. The molecule has 7 heteroatoms. The van der Waals surface area contributed by atoms with Gasteiger partial charge in [0.05, 0.1) is 18.8 Å². The van der Waals surface area contributed by atoms with Crippen molar-refractivity contribution in [1.29, 1.82) is 0 Å². The van der Waals surface area contributed by atoms with E-state index in [1.807, 2.05) is 31.2 Å². The summed E-state index contributed by atoms with van der Waals surface area (Å²) in [6.45, 7) is 4.54. The van der Waals surface area contributed by atoms with Crippen LogP contribution >= 0.6 is 11.6 Å². The Morgan fingerprint density at radius 2 is 2.00 bits per heavy atom. The number of carbonyl (C=O) groups excluding carboxylic acids is 1. The lowest BCUT2D eigenvalue weighted by atomic mass is 10.1. The molecule has 1 aromatic heterocycles. The second-order valence-electron chi connectivity index (χ2n) is 4.97. The molecule has 2 aromatic rings. The summed E-state index contributed by atoms with van der Waals surface area (Å²) in [5.41, 5.74) is 9.08. The predicted molar refractivity (Wildman–Crippen MR) is 90.0 cm³/mol. The third kappa shape index (κ3) is 4.64. The lowest BCUT2D eigenvalue weighted by molar-refractivity contribution is -0.142. The molecule has 0 aliphatic heterocycles. The third-order valence-electron chi connectivity index (χ3n) is 3.18. The fraction of sp³-hybridized carbons (Fsp3) is 0.312. The largest absolute Gasteiger partial charge is 0.465 e. The molecule has 3 N–H and O–H groups in total. The van der Waals surface area contributed by atoms with Gasteiger partial charge < -0.3 is 15.8 Å². The molecule has 0 amide bonds. The van der Waals surface area contributed by atoms with Gasteiger partial charge in [0.1, 0.15) is 5.15 Å². The smallest absolute Gasteiger partial charge is 0.319 e. The van der Waals surface area contributed by atoms with Crippen LogP contribution in [0.1, 0.15) is 18.1 Å². The molecule has 0 fully saturated rings. The number of nitrogens with zero attached hydrogens (tertiary/aromatic N) is 2. The van der Waals surface area contributed by atoms with Crippen LogP contribution in [0, 0.1) is 6.92 Å². The van der Waals surface area contributed by atoms with Crippen molar-refractivity contribution in [3.63, 3.8) is 0 Å². The molecule has 0 saturated heterocycles. The van der Waals surface area contributed by atoms with E-state index in [1.54, 1.807) is 6.92 Å². The van der Waals surface area contributed by atoms with E-state index < -0.39 is 0 Å². The molecule has 1 heterocycles. The van der Waals surface area contributed by atoms with Gasteiger partial charge >= 0.3 is 5.97 Å². The molecule has 6 nitrogen and oxygen atoms in total. The number of benzene rings is 1. The molecule has 0 spiro atoms. The van der Waals surface area contributed by atoms with Crippen molar-refractivity contribution in [3.05, 3.63) is 40.5 Å². The number of carbonyl (C=O) groups is 1. The van der Waals surface area contributed by atoms with E-state index in [-0.39, 0.29) is 23.6 Å². The Morgan fingerprint density at radius 1 is 1.30 bits per heavy atom. The van der Waals surface area contributed by atoms with Crippen LogP contribution < -0.4 is 11.1 Å². The number of rotatable bonds is 6. The van der Waals surface area contributed by atoms with Gasteiger partial charge in [0.15, 0.2) is 0 Å². The van der Waals surface area contributed by atoms with Gasteiger partial charge in [-0.25, -0.2) is 9.97 Å². The summed E-state index contributed by atoms with van der Waals surface area (Å²) in [6.07, 6.45) is 0. The first-order valence-electron chi connectivity index (χ1n) is 7.26. The second kappa shape index (κ2) is 7.89. The highest BCUT2D eigenvalue weighted by molar-refractivity contribution is 6.30. The van der Waals surface area contributed by atoms with Gasteiger partial charge in [0.2, 0.25) is 5.95 Å². The summed E-state index contributed by atoms with van der Waals surface area (Å²) in [6, 6.07) is 7.86. The van der Waals surface area contributed by atoms with Gasteiger partial charge in [0, 0.05) is 17.7 Å². The summed E-state index contributed by atoms with van der Waals surface area (Å²) >= 11 is 6.21. The molecule has 23 heavy (non-hydrogen) atoms. The number of aromatic nitrogens is 2. The maximum absolute atomic E-state index is 11.4. The van der Waals surface area contributed by atoms with Crippen molar-refractivity contribution in [2.75, 3.05) is 18.9 Å². The highest BCUT2D eigenvalue weighted by Crippen LogP contribution is 2.27. The summed E-state index contributed by atoms with van der Waals surface area (Å²) in [7, 11) is 0. The summed E-state index contributed by atoms with van der Waals surface area (Å²) in [5, 5.41) is 3.26. The average Bonchev–Trinajstić information content (AvgIpc) is 2.50. The number of anilines is 1. The quantitative estimate of drug-likeness (QED) is 0.622. The number of nitrogens with two attached hydrogens (primary N) is 1. The third-order valence-corrected chi connectivity index (χ3v) is 3.49. The number of nitrogens with one attached hydrogen (secondary N) is 1. The minimum absolute atomic E-state index is 0.0852. The van der Waals surface area contributed by atoms with E-state index in [4.69, 9.17) is 22.1 Å². The van der Waals surface area contributed by atoms with Gasteiger partial charge in [-0.05, 0) is 13.8 Å². The molecular formula is C16H19ClN4O2. The van der Waals surface area contributed by atoms with Crippen LogP contribution in [0.25, 0.3) is 11.3 Å². The van der Waals surface area contributed by atoms with Gasteiger partial charge in [-0.2, -0.15) is 0 Å². The summed E-state index contributed by atoms with van der Waals surface area (Å²) in [5.74, 6) is -0.211. The van der Waals surface area contributed by atoms with Gasteiger partial charge in [-0.3, -0.25) is 4.79 Å². The standard InChI is InChI=1S/C16H19ClN4O2/c1-3-23-13(22)9-19-8-12-14(20-16(18)21-15(12)17)11-6-4-10(2)5-7-11/h4-7,19H,3,8-9H2,1-2H3,(H2,18,20,21). The number of ether oxygens (including phenoxy) is 1. The highest BCUT2D eigenvalue weighted by Gasteiger charge is 2.14. The molecule has 0 radical (unpaired) electrons. The van der Waals surface area contributed by atoms with Crippen LogP contribution in [0.5, 0.6) is 0 Å². The molecule has 0 saturated carbocycles. The van der Waals surface area contributed by atoms with E-state index in [1.165, 1.54) is 0 Å². The van der Waals surface area contributed by atoms with Crippen LogP contribution in [0.3, 0.4) is 0 Å². The van der Waals surface area contributed by atoms with Crippen molar-refractivity contribution in [1.82, 2.24) is 15.3 Å². The Morgan fingerprint density at radius 3 is 2.65 bits per heavy atom. The Kier molecular flexibility index (Phi) is 5.90. The van der Waals surface area contributed by atoms with Crippen LogP contribution in [-0.4, -0.2) is 29.1 Å². The summed E-state index contributed by atoms with van der Waals surface area (Å²) in [4.78, 5) is 19.7. The zero-order valence-electron chi connectivity index (χ0n) is 13.1. The van der Waals surface area contributed by atoms with Gasteiger partial charge in [-0.15, -0.1) is 0 Å². The number of esters is 1. The van der Waals surface area contributed by atoms with Crippen LogP contribution in [0.2, 0.25) is 5.15 Å². The van der Waals surface area contributed by atoms with E-state index in [0.717, 1.165) is 11.1 Å². The van der Waals surface area contributed by atoms with Crippen LogP contribution in [0.4, 0.5) is 5.95 Å². The molecule has 1 aromatic carbocycles. The predicted octanol–water partition coefficient (Wildman–Crippen LogP) is 2.34. The molecule has 0 aliphatic rings. The maximum atomic E-state index is 11.4.